The van der Waals surface area contributed by atoms with E-state index < -0.39 is 6.10 Å². The molecule has 0 amide bonds. The Balaban J connectivity index is 4.21. The van der Waals surface area contributed by atoms with E-state index in [2.05, 4.69) is 81.5 Å². The lowest BCUT2D eigenvalue weighted by atomic mass is 10.0. The van der Waals surface area contributed by atoms with E-state index in [0.29, 0.717) is 19.3 Å². The molecule has 0 saturated heterocycles. The average molecular weight is 1130 g/mol. The minimum Gasteiger partial charge on any atom is -0.462 e. The van der Waals surface area contributed by atoms with Gasteiger partial charge < -0.3 is 14.2 Å². The zero-order chi connectivity index (χ0) is 58.5. The maximum atomic E-state index is 12.9. The van der Waals surface area contributed by atoms with E-state index in [0.717, 1.165) is 109 Å². The fourth-order valence-corrected chi connectivity index (χ4v) is 10.7. The average Bonchev–Trinajstić information content (AvgIpc) is 3.47. The summed E-state index contributed by atoms with van der Waals surface area (Å²) in [6.45, 7) is 6.55. The van der Waals surface area contributed by atoms with Gasteiger partial charge in [-0.05, 0) is 83.5 Å². The highest BCUT2D eigenvalue weighted by molar-refractivity contribution is 5.71. The number of hydrogen-bond acceptors (Lipinski definition) is 6. The van der Waals surface area contributed by atoms with Crippen molar-refractivity contribution in [1.82, 2.24) is 0 Å². The highest BCUT2D eigenvalue weighted by Crippen LogP contribution is 2.18. The van der Waals surface area contributed by atoms with E-state index in [-0.39, 0.29) is 31.1 Å². The normalized spacial score (nSPS) is 12.4. The van der Waals surface area contributed by atoms with Gasteiger partial charge in [-0.15, -0.1) is 0 Å². The molecule has 6 heteroatoms. The molecule has 0 aliphatic carbocycles. The van der Waals surface area contributed by atoms with Gasteiger partial charge in [0.15, 0.2) is 6.10 Å². The van der Waals surface area contributed by atoms with E-state index in [1.807, 2.05) is 0 Å². The summed E-state index contributed by atoms with van der Waals surface area (Å²) in [5.74, 6) is -0.883. The molecule has 81 heavy (non-hydrogen) atoms. The van der Waals surface area contributed by atoms with Crippen LogP contribution in [0, 0.1) is 0 Å². The number of esters is 3. The molecule has 0 aliphatic heterocycles. The van der Waals surface area contributed by atoms with Crippen molar-refractivity contribution in [2.75, 3.05) is 13.2 Å². The van der Waals surface area contributed by atoms with Crippen molar-refractivity contribution in [1.29, 1.82) is 0 Å². The molecule has 0 fully saturated rings. The van der Waals surface area contributed by atoms with Crippen LogP contribution in [0.15, 0.2) is 60.8 Å². The Bertz CT molecular complexity index is 1440. The molecule has 0 radical (unpaired) electrons. The first-order chi connectivity index (χ1) is 40.0. The van der Waals surface area contributed by atoms with Gasteiger partial charge in [0.2, 0.25) is 0 Å². The van der Waals surface area contributed by atoms with Gasteiger partial charge in [0.1, 0.15) is 13.2 Å². The fraction of sp³-hybridized carbons (Fsp3) is 0.827. The number of rotatable bonds is 66. The number of allylic oxidation sites excluding steroid dienone is 10. The quantitative estimate of drug-likeness (QED) is 0.0261. The van der Waals surface area contributed by atoms with Crippen molar-refractivity contribution in [3.8, 4) is 0 Å². The van der Waals surface area contributed by atoms with Crippen LogP contribution in [0.5, 0.6) is 0 Å². The maximum Gasteiger partial charge on any atom is 0.306 e. The molecule has 0 saturated carbocycles. The Kier molecular flexibility index (Phi) is 67.1. The molecule has 1 unspecified atom stereocenters. The van der Waals surface area contributed by atoms with Crippen LogP contribution in [-0.4, -0.2) is 37.2 Å². The Labute approximate surface area is 504 Å². The van der Waals surface area contributed by atoms with Crippen LogP contribution in [0.4, 0.5) is 0 Å². The molecule has 0 bridgehead atoms. The summed E-state index contributed by atoms with van der Waals surface area (Å²) in [4.78, 5) is 38.4. The Morgan fingerprint density at radius 3 is 0.765 bits per heavy atom. The number of unbranched alkanes of at least 4 members (excludes halogenated alkanes) is 45. The van der Waals surface area contributed by atoms with Crippen molar-refractivity contribution in [2.24, 2.45) is 0 Å². The smallest absolute Gasteiger partial charge is 0.306 e. The van der Waals surface area contributed by atoms with Crippen molar-refractivity contribution < 1.29 is 28.6 Å². The number of carbonyl (C=O) groups excluding carboxylic acids is 3. The van der Waals surface area contributed by atoms with E-state index in [1.165, 1.54) is 231 Å². The Hall–Kier alpha value is -2.89. The van der Waals surface area contributed by atoms with Crippen molar-refractivity contribution in [2.45, 2.75) is 386 Å². The molecule has 0 heterocycles. The van der Waals surface area contributed by atoms with E-state index in [1.54, 1.807) is 0 Å². The molecule has 0 N–H and O–H groups in total. The molecular weight excluding hydrogens is 997 g/mol. The zero-order valence-electron chi connectivity index (χ0n) is 54.3. The monoisotopic (exact) mass is 1130 g/mol. The second kappa shape index (κ2) is 69.6. The molecule has 472 valence electrons. The Morgan fingerprint density at radius 2 is 0.481 bits per heavy atom. The molecule has 0 spiro atoms. The van der Waals surface area contributed by atoms with Crippen molar-refractivity contribution in [3.63, 3.8) is 0 Å². The highest BCUT2D eigenvalue weighted by Gasteiger charge is 2.19. The SMILES string of the molecule is CC/C=C\C/C=C\C/C=C\CCCCCCCC(=O)OCC(COC(=O)CCCCCCCCCCCCCCCCCCCCCCCCCCCCCCCC)OC(=O)CCCCCCCCC/C=C\C/C=C\CCCCCC. The van der Waals surface area contributed by atoms with Gasteiger partial charge in [0.25, 0.3) is 0 Å². The van der Waals surface area contributed by atoms with Crippen molar-refractivity contribution >= 4 is 17.9 Å². The largest absolute Gasteiger partial charge is 0.462 e. The molecule has 6 nitrogen and oxygen atoms in total. The fourth-order valence-electron chi connectivity index (χ4n) is 10.7. The summed E-state index contributed by atoms with van der Waals surface area (Å²) in [5.41, 5.74) is 0. The van der Waals surface area contributed by atoms with Gasteiger partial charge in [-0.1, -0.05) is 338 Å². The van der Waals surface area contributed by atoms with Crippen LogP contribution in [0.25, 0.3) is 0 Å². The van der Waals surface area contributed by atoms with Crippen LogP contribution in [0.2, 0.25) is 0 Å². The first-order valence-electron chi connectivity index (χ1n) is 35.8. The predicted molar refractivity (Wildman–Crippen MR) is 353 cm³/mol. The van der Waals surface area contributed by atoms with Gasteiger partial charge in [-0.3, -0.25) is 14.4 Å². The standard InChI is InChI=1S/C75H136O6/c1-4-7-10-13-16-19-22-25-28-30-32-33-34-35-36-37-38-39-40-41-42-43-45-47-50-53-56-59-62-65-68-74(77)80-71-72(70-79-73(76)67-64-61-58-55-52-49-46-27-24-21-18-15-12-9-6-3)81-75(78)69-66-63-60-57-54-51-48-44-31-29-26-23-20-17-14-11-8-5-2/h9,12,18,20-21,23,27,29,31,46,72H,4-8,10-11,13-17,19,22,24-26,28,30,32-45,47-71H2,1-3H3/b12-9-,21-18-,23-20-,31-29-,46-27-. The molecule has 0 rings (SSSR count). The summed E-state index contributed by atoms with van der Waals surface area (Å²) in [6.07, 6.45) is 89.8. The topological polar surface area (TPSA) is 78.9 Å². The maximum absolute atomic E-state index is 12.9. The molecule has 0 aromatic rings. The third-order valence-corrected chi connectivity index (χ3v) is 16.0. The van der Waals surface area contributed by atoms with E-state index in [4.69, 9.17) is 14.2 Å². The predicted octanol–water partition coefficient (Wildman–Crippen LogP) is 24.7. The first kappa shape index (κ1) is 78.1. The lowest BCUT2D eigenvalue weighted by molar-refractivity contribution is -0.167. The second-order valence-electron chi connectivity index (χ2n) is 24.1. The summed E-state index contributed by atoms with van der Waals surface area (Å²) >= 11 is 0. The number of hydrogen-bond donors (Lipinski definition) is 0. The molecule has 0 aromatic carbocycles. The van der Waals surface area contributed by atoms with Crippen LogP contribution >= 0.6 is 0 Å². The summed E-state index contributed by atoms with van der Waals surface area (Å²) in [6, 6.07) is 0. The van der Waals surface area contributed by atoms with E-state index >= 15 is 0 Å². The van der Waals surface area contributed by atoms with Gasteiger partial charge in [0.05, 0.1) is 0 Å². The van der Waals surface area contributed by atoms with Crippen molar-refractivity contribution in [3.05, 3.63) is 60.8 Å². The summed E-state index contributed by atoms with van der Waals surface area (Å²) < 4.78 is 17.0. The zero-order valence-corrected chi connectivity index (χ0v) is 54.3. The van der Waals surface area contributed by atoms with Crippen LogP contribution < -0.4 is 0 Å². The molecule has 0 aliphatic rings. The molecular formula is C75H136O6. The van der Waals surface area contributed by atoms with Crippen LogP contribution in [0.1, 0.15) is 380 Å². The van der Waals surface area contributed by atoms with Gasteiger partial charge in [-0.2, -0.15) is 0 Å². The lowest BCUT2D eigenvalue weighted by Gasteiger charge is -2.18. The number of carbonyl (C=O) groups is 3. The van der Waals surface area contributed by atoms with E-state index in [9.17, 15) is 14.4 Å². The number of ether oxygens (including phenoxy) is 3. The third-order valence-electron chi connectivity index (χ3n) is 16.0. The minimum absolute atomic E-state index is 0.0799. The lowest BCUT2D eigenvalue weighted by Crippen LogP contribution is -2.30. The van der Waals surface area contributed by atoms with Crippen LogP contribution in [-0.2, 0) is 28.6 Å². The van der Waals surface area contributed by atoms with Crippen LogP contribution in [0.3, 0.4) is 0 Å². The summed E-state index contributed by atoms with van der Waals surface area (Å²) in [5, 5.41) is 0. The highest BCUT2D eigenvalue weighted by atomic mass is 16.6. The van der Waals surface area contributed by atoms with Gasteiger partial charge in [0, 0.05) is 19.3 Å². The Morgan fingerprint density at radius 1 is 0.259 bits per heavy atom. The van der Waals surface area contributed by atoms with Gasteiger partial charge in [-0.25, -0.2) is 0 Å². The molecule has 0 aromatic heterocycles. The van der Waals surface area contributed by atoms with Gasteiger partial charge >= 0.3 is 17.9 Å². The second-order valence-corrected chi connectivity index (χ2v) is 24.1. The third kappa shape index (κ3) is 67.8. The summed E-state index contributed by atoms with van der Waals surface area (Å²) in [7, 11) is 0. The minimum atomic E-state index is -0.786. The first-order valence-corrected chi connectivity index (χ1v) is 35.8. The molecule has 1 atom stereocenters.